The monoisotopic (exact) mass is 259 g/mol. The molecule has 0 bridgehead atoms. The highest BCUT2D eigenvalue weighted by Crippen LogP contribution is 2.07. The normalized spacial score (nSPS) is 13.5. The average molecular weight is 259 g/mol. The summed E-state index contributed by atoms with van der Waals surface area (Å²) in [6.07, 6.45) is 1.15. The van der Waals surface area contributed by atoms with Crippen LogP contribution in [0.15, 0.2) is 0 Å². The molecular weight excluding hydrogens is 238 g/mol. The van der Waals surface area contributed by atoms with Crippen LogP contribution in [0.5, 0.6) is 0 Å². The van der Waals surface area contributed by atoms with Gasteiger partial charge in [-0.15, -0.1) is 0 Å². The van der Waals surface area contributed by atoms with Crippen molar-refractivity contribution in [2.45, 2.75) is 45.6 Å². The van der Waals surface area contributed by atoms with Crippen LogP contribution in [0.1, 0.15) is 39.5 Å². The summed E-state index contributed by atoms with van der Waals surface area (Å²) in [5, 5.41) is 11.3. The van der Waals surface area contributed by atoms with Crippen molar-refractivity contribution >= 4 is 17.8 Å². The van der Waals surface area contributed by atoms with Gasteiger partial charge in [0.05, 0.1) is 7.11 Å². The van der Waals surface area contributed by atoms with Gasteiger partial charge in [0.15, 0.2) is 0 Å². The van der Waals surface area contributed by atoms with Gasteiger partial charge in [0.25, 0.3) is 0 Å². The van der Waals surface area contributed by atoms with E-state index in [0.29, 0.717) is 6.42 Å². The van der Waals surface area contributed by atoms with E-state index in [1.165, 1.54) is 7.11 Å². The molecule has 18 heavy (non-hydrogen) atoms. The molecule has 0 saturated carbocycles. The fraction of sp³-hybridized carbons (Fsp3) is 0.750. The van der Waals surface area contributed by atoms with Gasteiger partial charge in [-0.3, -0.25) is 9.59 Å². The molecule has 0 aromatic carbocycles. The Hall–Kier alpha value is -1.59. The number of methoxy groups -OCH3 is 1. The molecule has 2 atom stereocenters. The first-order valence-corrected chi connectivity index (χ1v) is 5.99. The number of hydrogen-bond acceptors (Lipinski definition) is 4. The molecule has 0 heterocycles. The summed E-state index contributed by atoms with van der Waals surface area (Å²) >= 11 is 0. The topological polar surface area (TPSA) is 92.7 Å². The molecule has 6 nitrogen and oxygen atoms in total. The van der Waals surface area contributed by atoms with Crippen LogP contribution >= 0.6 is 0 Å². The molecule has 0 aromatic rings. The Morgan fingerprint density at radius 3 is 2.39 bits per heavy atom. The zero-order valence-electron chi connectivity index (χ0n) is 11.1. The van der Waals surface area contributed by atoms with E-state index >= 15 is 0 Å². The number of carboxylic acid groups (broad SMARTS) is 1. The third-order valence-corrected chi connectivity index (χ3v) is 2.73. The van der Waals surface area contributed by atoms with Crippen molar-refractivity contribution in [1.29, 1.82) is 0 Å². The Morgan fingerprint density at radius 2 is 1.94 bits per heavy atom. The van der Waals surface area contributed by atoms with E-state index in [0.717, 1.165) is 6.42 Å². The van der Waals surface area contributed by atoms with Crippen molar-refractivity contribution in [3.05, 3.63) is 0 Å². The molecule has 6 heteroatoms. The van der Waals surface area contributed by atoms with Crippen LogP contribution in [0.4, 0.5) is 0 Å². The second-order valence-corrected chi connectivity index (χ2v) is 4.29. The summed E-state index contributed by atoms with van der Waals surface area (Å²) in [7, 11) is 1.24. The molecule has 0 fully saturated rings. The summed E-state index contributed by atoms with van der Waals surface area (Å²) in [5.74, 6) is -1.73. The number of ether oxygens (including phenoxy) is 1. The first kappa shape index (κ1) is 16.4. The number of rotatable bonds is 8. The number of aliphatic carboxylic acids is 1. The minimum atomic E-state index is -1.14. The van der Waals surface area contributed by atoms with E-state index in [-0.39, 0.29) is 24.7 Å². The predicted octanol–water partition coefficient (Wildman–Crippen LogP) is 0.945. The highest BCUT2D eigenvalue weighted by Gasteiger charge is 2.21. The molecule has 0 aliphatic heterocycles. The van der Waals surface area contributed by atoms with E-state index < -0.39 is 18.0 Å². The predicted molar refractivity (Wildman–Crippen MR) is 64.9 cm³/mol. The summed E-state index contributed by atoms with van der Waals surface area (Å²) in [6.45, 7) is 3.88. The fourth-order valence-electron chi connectivity index (χ4n) is 1.34. The molecule has 0 aliphatic rings. The van der Waals surface area contributed by atoms with Crippen LogP contribution in [-0.2, 0) is 19.1 Å². The Balaban J connectivity index is 4.23. The van der Waals surface area contributed by atoms with Gasteiger partial charge >= 0.3 is 11.9 Å². The number of esters is 1. The first-order chi connectivity index (χ1) is 8.40. The molecule has 0 radical (unpaired) electrons. The Labute approximate surface area is 107 Å². The van der Waals surface area contributed by atoms with E-state index in [1.54, 1.807) is 0 Å². The average Bonchev–Trinajstić information content (AvgIpc) is 2.33. The molecule has 2 N–H and O–H groups in total. The zero-order chi connectivity index (χ0) is 14.1. The Bertz CT molecular complexity index is 303. The van der Waals surface area contributed by atoms with E-state index in [2.05, 4.69) is 10.1 Å². The number of carbonyl (C=O) groups excluding carboxylic acids is 2. The SMILES string of the molecule is CCC(C)CC(=O)N[C@H](CCC(=O)OC)C(=O)O. The molecule has 0 rings (SSSR count). The van der Waals surface area contributed by atoms with Crippen molar-refractivity contribution in [2.24, 2.45) is 5.92 Å². The third kappa shape index (κ3) is 6.88. The number of amides is 1. The lowest BCUT2D eigenvalue weighted by Gasteiger charge is -2.15. The van der Waals surface area contributed by atoms with Crippen LogP contribution < -0.4 is 5.32 Å². The number of nitrogens with one attached hydrogen (secondary N) is 1. The van der Waals surface area contributed by atoms with Gasteiger partial charge in [-0.05, 0) is 12.3 Å². The molecule has 0 saturated heterocycles. The Morgan fingerprint density at radius 1 is 1.33 bits per heavy atom. The smallest absolute Gasteiger partial charge is 0.326 e. The van der Waals surface area contributed by atoms with Crippen molar-refractivity contribution in [2.75, 3.05) is 7.11 Å². The van der Waals surface area contributed by atoms with Crippen LogP contribution in [0, 0.1) is 5.92 Å². The molecule has 1 amide bonds. The van der Waals surface area contributed by atoms with Crippen LogP contribution in [-0.4, -0.2) is 36.1 Å². The maximum Gasteiger partial charge on any atom is 0.326 e. The highest BCUT2D eigenvalue weighted by molar-refractivity contribution is 5.84. The van der Waals surface area contributed by atoms with E-state index in [4.69, 9.17) is 5.11 Å². The van der Waals surface area contributed by atoms with Crippen LogP contribution in [0.2, 0.25) is 0 Å². The third-order valence-electron chi connectivity index (χ3n) is 2.73. The lowest BCUT2D eigenvalue weighted by Crippen LogP contribution is -2.41. The van der Waals surface area contributed by atoms with Gasteiger partial charge in [-0.25, -0.2) is 4.79 Å². The summed E-state index contributed by atoms with van der Waals surface area (Å²) in [6, 6.07) is -1.04. The lowest BCUT2D eigenvalue weighted by atomic mass is 10.0. The number of carbonyl (C=O) groups is 3. The second-order valence-electron chi connectivity index (χ2n) is 4.29. The Kier molecular flexibility index (Phi) is 7.74. The van der Waals surface area contributed by atoms with Crippen molar-refractivity contribution in [3.63, 3.8) is 0 Å². The van der Waals surface area contributed by atoms with Gasteiger partial charge in [-0.2, -0.15) is 0 Å². The molecule has 0 spiro atoms. The lowest BCUT2D eigenvalue weighted by molar-refractivity contribution is -0.144. The second kappa shape index (κ2) is 8.49. The van der Waals surface area contributed by atoms with Gasteiger partial charge < -0.3 is 15.2 Å². The van der Waals surface area contributed by atoms with Crippen molar-refractivity contribution in [3.8, 4) is 0 Å². The van der Waals surface area contributed by atoms with Gasteiger partial charge in [0.1, 0.15) is 6.04 Å². The van der Waals surface area contributed by atoms with Gasteiger partial charge in [-0.1, -0.05) is 20.3 Å². The summed E-state index contributed by atoms with van der Waals surface area (Å²) in [5.41, 5.74) is 0. The van der Waals surface area contributed by atoms with Crippen molar-refractivity contribution in [1.82, 2.24) is 5.32 Å². The maximum absolute atomic E-state index is 11.6. The van der Waals surface area contributed by atoms with Crippen molar-refractivity contribution < 1.29 is 24.2 Å². The fourth-order valence-corrected chi connectivity index (χ4v) is 1.34. The summed E-state index contributed by atoms with van der Waals surface area (Å²) < 4.78 is 4.42. The van der Waals surface area contributed by atoms with Gasteiger partial charge in [0, 0.05) is 12.8 Å². The summed E-state index contributed by atoms with van der Waals surface area (Å²) in [4.78, 5) is 33.4. The van der Waals surface area contributed by atoms with Crippen LogP contribution in [0.3, 0.4) is 0 Å². The maximum atomic E-state index is 11.6. The molecule has 0 aliphatic carbocycles. The standard InChI is InChI=1S/C12H21NO5/c1-4-8(2)7-10(14)13-9(12(16)17)5-6-11(15)18-3/h8-9H,4-7H2,1-3H3,(H,13,14)(H,16,17)/t8?,9-/m1/s1. The first-order valence-electron chi connectivity index (χ1n) is 5.99. The number of hydrogen-bond donors (Lipinski definition) is 2. The quantitative estimate of drug-likeness (QED) is 0.633. The molecular formula is C12H21NO5. The van der Waals surface area contributed by atoms with E-state index in [9.17, 15) is 14.4 Å². The van der Waals surface area contributed by atoms with E-state index in [1.807, 2.05) is 13.8 Å². The number of carboxylic acids is 1. The van der Waals surface area contributed by atoms with Crippen LogP contribution in [0.25, 0.3) is 0 Å². The highest BCUT2D eigenvalue weighted by atomic mass is 16.5. The minimum absolute atomic E-state index is 0.0307. The minimum Gasteiger partial charge on any atom is -0.480 e. The molecule has 1 unspecified atom stereocenters. The van der Waals surface area contributed by atoms with Gasteiger partial charge in [0.2, 0.25) is 5.91 Å². The molecule has 0 aromatic heterocycles. The molecule has 104 valence electrons. The largest absolute Gasteiger partial charge is 0.480 e. The zero-order valence-corrected chi connectivity index (χ0v) is 11.1.